The number of carbonyl (C=O) groups excluding carboxylic acids is 2. The second kappa shape index (κ2) is 9.90. The Bertz CT molecular complexity index is 752. The summed E-state index contributed by atoms with van der Waals surface area (Å²) in [5.74, 6) is 0.534. The summed E-state index contributed by atoms with van der Waals surface area (Å²) in [7, 11) is 0. The summed E-state index contributed by atoms with van der Waals surface area (Å²) in [4.78, 5) is 26.9. The highest BCUT2D eigenvalue weighted by atomic mass is 16.5. The molecule has 1 aromatic heterocycles. The predicted octanol–water partition coefficient (Wildman–Crippen LogP) is 4.21. The van der Waals surface area contributed by atoms with Crippen molar-refractivity contribution in [2.24, 2.45) is 0 Å². The first kappa shape index (κ1) is 20.7. The van der Waals surface area contributed by atoms with Gasteiger partial charge in [0.2, 0.25) is 5.91 Å². The molecule has 0 saturated carbocycles. The Hall–Kier alpha value is -2.63. The van der Waals surface area contributed by atoms with Gasteiger partial charge in [-0.15, -0.1) is 0 Å². The summed E-state index contributed by atoms with van der Waals surface area (Å²) in [6.45, 7) is 7.82. The number of anilines is 1. The van der Waals surface area contributed by atoms with E-state index in [4.69, 9.17) is 4.52 Å². The fourth-order valence-electron chi connectivity index (χ4n) is 2.77. The van der Waals surface area contributed by atoms with Gasteiger partial charge in [0, 0.05) is 17.7 Å². The van der Waals surface area contributed by atoms with Crippen molar-refractivity contribution in [3.63, 3.8) is 0 Å². The van der Waals surface area contributed by atoms with Crippen LogP contribution in [0.5, 0.6) is 0 Å². The quantitative estimate of drug-likeness (QED) is 0.716. The number of aromatic nitrogens is 1. The lowest BCUT2D eigenvalue weighted by Gasteiger charge is -2.28. The van der Waals surface area contributed by atoms with Gasteiger partial charge in [-0.2, -0.15) is 0 Å². The Morgan fingerprint density at radius 1 is 1.22 bits per heavy atom. The van der Waals surface area contributed by atoms with Crippen LogP contribution in [0.1, 0.15) is 61.7 Å². The van der Waals surface area contributed by atoms with E-state index in [0.29, 0.717) is 17.1 Å². The van der Waals surface area contributed by atoms with E-state index in [0.717, 1.165) is 25.7 Å². The Morgan fingerprint density at radius 2 is 1.93 bits per heavy atom. The molecule has 1 N–H and O–H groups in total. The van der Waals surface area contributed by atoms with Gasteiger partial charge in [-0.05, 0) is 50.8 Å². The summed E-state index contributed by atoms with van der Waals surface area (Å²) in [5.41, 5.74) is 1.82. The molecular weight excluding hydrogens is 342 g/mol. The van der Waals surface area contributed by atoms with Gasteiger partial charge in [-0.3, -0.25) is 9.59 Å². The maximum atomic E-state index is 13.0. The molecule has 6 nitrogen and oxygen atoms in total. The van der Waals surface area contributed by atoms with E-state index in [2.05, 4.69) is 17.4 Å². The fraction of sp³-hybridized carbons (Fsp3) is 0.476. The van der Waals surface area contributed by atoms with Gasteiger partial charge in [0.25, 0.3) is 5.91 Å². The molecular formula is C21H29N3O3. The zero-order valence-electron chi connectivity index (χ0n) is 16.6. The SMILES string of the molecule is CCCCc1ccc(C(=O)N(CC(=O)Nc2cc(C)on2)C(C)CC)cc1. The minimum atomic E-state index is -0.295. The molecule has 1 heterocycles. The second-order valence-corrected chi connectivity index (χ2v) is 6.86. The molecule has 0 saturated heterocycles. The topological polar surface area (TPSA) is 75.4 Å². The van der Waals surface area contributed by atoms with Crippen LogP contribution < -0.4 is 5.32 Å². The number of benzene rings is 1. The van der Waals surface area contributed by atoms with Crippen LogP contribution in [0, 0.1) is 6.92 Å². The first-order valence-electron chi connectivity index (χ1n) is 9.57. The van der Waals surface area contributed by atoms with Crippen molar-refractivity contribution in [3.8, 4) is 0 Å². The second-order valence-electron chi connectivity index (χ2n) is 6.86. The molecule has 0 fully saturated rings. The molecule has 0 bridgehead atoms. The van der Waals surface area contributed by atoms with Crippen molar-refractivity contribution < 1.29 is 14.1 Å². The van der Waals surface area contributed by atoms with Crippen molar-refractivity contribution in [1.29, 1.82) is 0 Å². The third kappa shape index (κ3) is 5.94. The van der Waals surface area contributed by atoms with Crippen LogP contribution in [0.25, 0.3) is 0 Å². The summed E-state index contributed by atoms with van der Waals surface area (Å²) in [5, 5.41) is 6.43. The third-order valence-corrected chi connectivity index (χ3v) is 4.61. The lowest BCUT2D eigenvalue weighted by Crippen LogP contribution is -2.43. The van der Waals surface area contributed by atoms with Crippen LogP contribution in [-0.2, 0) is 11.2 Å². The minimum Gasteiger partial charge on any atom is -0.360 e. The number of hydrogen-bond acceptors (Lipinski definition) is 4. The van der Waals surface area contributed by atoms with E-state index in [1.54, 1.807) is 17.9 Å². The van der Waals surface area contributed by atoms with Crippen LogP contribution in [-0.4, -0.2) is 34.5 Å². The average Bonchev–Trinajstić information content (AvgIpc) is 3.08. The Labute approximate surface area is 160 Å². The highest BCUT2D eigenvalue weighted by Gasteiger charge is 2.23. The Morgan fingerprint density at radius 3 is 2.48 bits per heavy atom. The van der Waals surface area contributed by atoms with E-state index in [-0.39, 0.29) is 24.4 Å². The van der Waals surface area contributed by atoms with Crippen molar-refractivity contribution in [1.82, 2.24) is 10.1 Å². The number of rotatable bonds is 9. The van der Waals surface area contributed by atoms with Crippen LogP contribution in [0.4, 0.5) is 5.82 Å². The highest BCUT2D eigenvalue weighted by molar-refractivity contribution is 5.99. The number of nitrogens with zero attached hydrogens (tertiary/aromatic N) is 2. The lowest BCUT2D eigenvalue weighted by molar-refractivity contribution is -0.117. The molecule has 2 amide bonds. The molecule has 0 aliphatic heterocycles. The maximum Gasteiger partial charge on any atom is 0.254 e. The number of carbonyl (C=O) groups is 2. The van der Waals surface area contributed by atoms with E-state index in [1.807, 2.05) is 38.1 Å². The summed E-state index contributed by atoms with van der Waals surface area (Å²) in [6, 6.07) is 9.28. The first-order valence-corrected chi connectivity index (χ1v) is 9.57. The molecule has 0 aliphatic rings. The van der Waals surface area contributed by atoms with Crippen molar-refractivity contribution in [2.75, 3.05) is 11.9 Å². The zero-order chi connectivity index (χ0) is 19.8. The van der Waals surface area contributed by atoms with Crippen LogP contribution in [0.2, 0.25) is 0 Å². The first-order chi connectivity index (χ1) is 12.9. The van der Waals surface area contributed by atoms with Gasteiger partial charge in [-0.25, -0.2) is 0 Å². The highest BCUT2D eigenvalue weighted by Crippen LogP contribution is 2.14. The third-order valence-electron chi connectivity index (χ3n) is 4.61. The van der Waals surface area contributed by atoms with Gasteiger partial charge in [0.15, 0.2) is 5.82 Å². The minimum absolute atomic E-state index is 0.0304. The van der Waals surface area contributed by atoms with Gasteiger partial charge in [0.1, 0.15) is 12.3 Å². The normalized spacial score (nSPS) is 11.9. The molecule has 2 aromatic rings. The lowest BCUT2D eigenvalue weighted by atomic mass is 10.0. The summed E-state index contributed by atoms with van der Waals surface area (Å²) < 4.78 is 4.95. The van der Waals surface area contributed by atoms with Gasteiger partial charge >= 0.3 is 0 Å². The van der Waals surface area contributed by atoms with E-state index >= 15 is 0 Å². The van der Waals surface area contributed by atoms with E-state index in [1.165, 1.54) is 5.56 Å². The molecule has 1 aromatic carbocycles. The fourth-order valence-corrected chi connectivity index (χ4v) is 2.77. The van der Waals surface area contributed by atoms with E-state index in [9.17, 15) is 9.59 Å². The number of nitrogens with one attached hydrogen (secondary N) is 1. The van der Waals surface area contributed by atoms with Crippen molar-refractivity contribution >= 4 is 17.6 Å². The van der Waals surface area contributed by atoms with Crippen LogP contribution >= 0.6 is 0 Å². The molecule has 0 aliphatic carbocycles. The molecule has 1 unspecified atom stereocenters. The monoisotopic (exact) mass is 371 g/mol. The Balaban J connectivity index is 2.07. The molecule has 27 heavy (non-hydrogen) atoms. The predicted molar refractivity (Wildman–Crippen MR) is 106 cm³/mol. The summed E-state index contributed by atoms with van der Waals surface area (Å²) in [6.07, 6.45) is 4.05. The van der Waals surface area contributed by atoms with Crippen LogP contribution in [0.15, 0.2) is 34.9 Å². The molecule has 146 valence electrons. The van der Waals surface area contributed by atoms with Gasteiger partial charge in [0.05, 0.1) is 0 Å². The average molecular weight is 371 g/mol. The smallest absolute Gasteiger partial charge is 0.254 e. The van der Waals surface area contributed by atoms with E-state index < -0.39 is 0 Å². The standard InChI is InChI=1S/C21H29N3O3/c1-5-7-8-17-9-11-18(12-10-17)21(26)24(15(3)6-2)14-20(25)22-19-13-16(4)27-23-19/h9-13,15H,5-8,14H2,1-4H3,(H,22,23,25). The zero-order valence-corrected chi connectivity index (χ0v) is 16.6. The molecule has 0 radical (unpaired) electrons. The maximum absolute atomic E-state index is 13.0. The van der Waals surface area contributed by atoms with Crippen molar-refractivity contribution in [2.45, 2.75) is 59.4 Å². The largest absolute Gasteiger partial charge is 0.360 e. The van der Waals surface area contributed by atoms with Gasteiger partial charge < -0.3 is 14.7 Å². The molecule has 2 rings (SSSR count). The van der Waals surface area contributed by atoms with Crippen LogP contribution in [0.3, 0.4) is 0 Å². The number of hydrogen-bond donors (Lipinski definition) is 1. The molecule has 1 atom stereocenters. The molecule has 6 heteroatoms. The summed E-state index contributed by atoms with van der Waals surface area (Å²) >= 11 is 0. The molecule has 0 spiro atoms. The number of aryl methyl sites for hydroxylation is 2. The van der Waals surface area contributed by atoms with Crippen molar-refractivity contribution in [3.05, 3.63) is 47.2 Å². The Kier molecular flexibility index (Phi) is 7.58. The number of unbranched alkanes of at least 4 members (excludes halogenated alkanes) is 1. The van der Waals surface area contributed by atoms with Gasteiger partial charge in [-0.1, -0.05) is 37.6 Å². The number of amides is 2.